The van der Waals surface area contributed by atoms with Crippen LogP contribution in [0.2, 0.25) is 5.02 Å². The molecule has 0 aliphatic heterocycles. The fraction of sp³-hybridized carbons (Fsp3) is 0.538. The number of rotatable bonds is 6. The van der Waals surface area contributed by atoms with Crippen molar-refractivity contribution in [2.45, 2.75) is 27.2 Å². The van der Waals surface area contributed by atoms with Gasteiger partial charge in [-0.3, -0.25) is 0 Å². The quantitative estimate of drug-likeness (QED) is 0.800. The Morgan fingerprint density at radius 3 is 2.71 bits per heavy atom. The van der Waals surface area contributed by atoms with Crippen LogP contribution in [-0.4, -0.2) is 13.2 Å². The zero-order valence-corrected chi connectivity index (χ0v) is 12.9. The molecule has 17 heavy (non-hydrogen) atoms. The molecule has 0 bridgehead atoms. The van der Waals surface area contributed by atoms with Crippen LogP contribution in [0.25, 0.3) is 0 Å². The topological polar surface area (TPSA) is 21.3 Å². The highest BCUT2D eigenvalue weighted by atomic mass is 79.9. The van der Waals surface area contributed by atoms with E-state index in [4.69, 9.17) is 16.3 Å². The van der Waals surface area contributed by atoms with Crippen LogP contribution >= 0.6 is 27.5 Å². The zero-order chi connectivity index (χ0) is 12.8. The van der Waals surface area contributed by atoms with Gasteiger partial charge in [-0.05, 0) is 40.9 Å². The van der Waals surface area contributed by atoms with Gasteiger partial charge in [0.05, 0.1) is 16.8 Å². The maximum atomic E-state index is 6.05. The molecule has 1 rings (SSSR count). The summed E-state index contributed by atoms with van der Waals surface area (Å²) in [4.78, 5) is 0. The summed E-state index contributed by atoms with van der Waals surface area (Å²) in [5.74, 6) is 1.46. The van der Waals surface area contributed by atoms with Crippen LogP contribution in [0.3, 0.4) is 0 Å². The third-order valence-corrected chi connectivity index (χ3v) is 3.44. The van der Waals surface area contributed by atoms with Gasteiger partial charge in [-0.25, -0.2) is 0 Å². The summed E-state index contributed by atoms with van der Waals surface area (Å²) < 4.78 is 6.51. The molecule has 2 nitrogen and oxygen atoms in total. The molecule has 0 saturated carbocycles. The fourth-order valence-corrected chi connectivity index (χ4v) is 2.34. The van der Waals surface area contributed by atoms with Gasteiger partial charge < -0.3 is 10.1 Å². The maximum Gasteiger partial charge on any atom is 0.156 e. The molecule has 1 unspecified atom stereocenters. The van der Waals surface area contributed by atoms with Crippen LogP contribution < -0.4 is 10.1 Å². The van der Waals surface area contributed by atoms with Gasteiger partial charge in [0.25, 0.3) is 0 Å². The van der Waals surface area contributed by atoms with Crippen molar-refractivity contribution in [3.63, 3.8) is 0 Å². The smallest absolute Gasteiger partial charge is 0.156 e. The van der Waals surface area contributed by atoms with Gasteiger partial charge in [0.15, 0.2) is 5.75 Å². The Labute approximate surface area is 117 Å². The van der Waals surface area contributed by atoms with Gasteiger partial charge in [0, 0.05) is 11.6 Å². The van der Waals surface area contributed by atoms with E-state index in [0.717, 1.165) is 28.9 Å². The van der Waals surface area contributed by atoms with Crippen molar-refractivity contribution in [3.05, 3.63) is 21.6 Å². The molecule has 0 spiro atoms. The van der Waals surface area contributed by atoms with Crippen molar-refractivity contribution < 1.29 is 4.74 Å². The maximum absolute atomic E-state index is 6.05. The Bertz CT molecular complexity index is 371. The molecule has 0 radical (unpaired) electrons. The van der Waals surface area contributed by atoms with Gasteiger partial charge in [0.1, 0.15) is 0 Å². The van der Waals surface area contributed by atoms with E-state index in [1.54, 1.807) is 0 Å². The highest BCUT2D eigenvalue weighted by molar-refractivity contribution is 9.10. The van der Waals surface area contributed by atoms with E-state index in [1.165, 1.54) is 0 Å². The second-order valence-electron chi connectivity index (χ2n) is 4.09. The van der Waals surface area contributed by atoms with E-state index < -0.39 is 0 Å². The number of anilines is 1. The van der Waals surface area contributed by atoms with Crippen molar-refractivity contribution in [2.24, 2.45) is 5.92 Å². The molecule has 1 aromatic rings. The molecule has 0 aliphatic rings. The first-order chi connectivity index (χ1) is 8.08. The summed E-state index contributed by atoms with van der Waals surface area (Å²) in [6, 6.07) is 3.75. The summed E-state index contributed by atoms with van der Waals surface area (Å²) in [7, 11) is 0. The van der Waals surface area contributed by atoms with Crippen LogP contribution in [0.15, 0.2) is 16.6 Å². The molecule has 0 amide bonds. The molecule has 0 heterocycles. The number of ether oxygens (including phenoxy) is 1. The lowest BCUT2D eigenvalue weighted by molar-refractivity contribution is 0.339. The van der Waals surface area contributed by atoms with E-state index in [1.807, 2.05) is 19.1 Å². The minimum Gasteiger partial charge on any atom is -0.491 e. The summed E-state index contributed by atoms with van der Waals surface area (Å²) in [6.45, 7) is 7.93. The molecule has 1 N–H and O–H groups in total. The summed E-state index contributed by atoms with van der Waals surface area (Å²) in [5.41, 5.74) is 0.950. The Kier molecular flexibility index (Phi) is 6.14. The van der Waals surface area contributed by atoms with Crippen LogP contribution in [0.4, 0.5) is 5.69 Å². The number of halogens is 2. The second kappa shape index (κ2) is 7.12. The Morgan fingerprint density at radius 2 is 2.12 bits per heavy atom. The SMILES string of the molecule is CCOc1c(Br)cc(Cl)cc1NCC(C)CC. The van der Waals surface area contributed by atoms with E-state index in [-0.39, 0.29) is 0 Å². The van der Waals surface area contributed by atoms with Crippen molar-refractivity contribution in [1.82, 2.24) is 0 Å². The highest BCUT2D eigenvalue weighted by Gasteiger charge is 2.10. The van der Waals surface area contributed by atoms with Gasteiger partial charge in [-0.15, -0.1) is 0 Å². The average Bonchev–Trinajstić information content (AvgIpc) is 2.29. The first-order valence-electron chi connectivity index (χ1n) is 5.94. The molecule has 4 heteroatoms. The molecule has 96 valence electrons. The molecular weight excluding hydrogens is 302 g/mol. The first kappa shape index (κ1) is 14.7. The normalized spacial score (nSPS) is 12.3. The van der Waals surface area contributed by atoms with E-state index in [9.17, 15) is 0 Å². The van der Waals surface area contributed by atoms with Gasteiger partial charge in [-0.1, -0.05) is 31.9 Å². The number of nitrogens with one attached hydrogen (secondary N) is 1. The standard InChI is InChI=1S/C13H19BrClNO/c1-4-9(3)8-16-12-7-10(15)6-11(14)13(12)17-5-2/h6-7,9,16H,4-5,8H2,1-3H3. The van der Waals surface area contributed by atoms with Crippen molar-refractivity contribution in [2.75, 3.05) is 18.5 Å². The predicted octanol–water partition coefficient (Wildman–Crippen LogP) is 4.96. The average molecular weight is 321 g/mol. The van der Waals surface area contributed by atoms with E-state index in [2.05, 4.69) is 35.1 Å². The summed E-state index contributed by atoms with van der Waals surface area (Å²) >= 11 is 9.52. The van der Waals surface area contributed by atoms with Gasteiger partial charge in [0.2, 0.25) is 0 Å². The molecule has 1 aromatic carbocycles. The Balaban J connectivity index is 2.87. The lowest BCUT2D eigenvalue weighted by Gasteiger charge is -2.16. The summed E-state index contributed by atoms with van der Waals surface area (Å²) in [5, 5.41) is 4.09. The minimum atomic E-state index is 0.627. The first-order valence-corrected chi connectivity index (χ1v) is 7.11. The lowest BCUT2D eigenvalue weighted by Crippen LogP contribution is -2.11. The minimum absolute atomic E-state index is 0.627. The third-order valence-electron chi connectivity index (χ3n) is 2.63. The van der Waals surface area contributed by atoms with E-state index in [0.29, 0.717) is 17.5 Å². The molecule has 0 saturated heterocycles. The lowest BCUT2D eigenvalue weighted by atomic mass is 10.1. The Hall–Kier alpha value is -0.410. The fourth-order valence-electron chi connectivity index (χ4n) is 1.41. The number of benzene rings is 1. The van der Waals surface area contributed by atoms with Crippen molar-refractivity contribution >= 4 is 33.2 Å². The van der Waals surface area contributed by atoms with Crippen LogP contribution in [0.5, 0.6) is 5.75 Å². The van der Waals surface area contributed by atoms with Crippen LogP contribution in [-0.2, 0) is 0 Å². The largest absolute Gasteiger partial charge is 0.491 e. The summed E-state index contributed by atoms with van der Waals surface area (Å²) in [6.07, 6.45) is 1.15. The van der Waals surface area contributed by atoms with Gasteiger partial charge >= 0.3 is 0 Å². The highest BCUT2D eigenvalue weighted by Crippen LogP contribution is 2.36. The second-order valence-corrected chi connectivity index (χ2v) is 5.38. The van der Waals surface area contributed by atoms with Crippen LogP contribution in [0.1, 0.15) is 27.2 Å². The predicted molar refractivity (Wildman–Crippen MR) is 78.3 cm³/mol. The molecule has 0 aromatic heterocycles. The monoisotopic (exact) mass is 319 g/mol. The zero-order valence-electron chi connectivity index (χ0n) is 10.5. The molecule has 0 aliphatic carbocycles. The number of hydrogen-bond acceptors (Lipinski definition) is 2. The van der Waals surface area contributed by atoms with Crippen molar-refractivity contribution in [3.8, 4) is 5.75 Å². The van der Waals surface area contributed by atoms with Gasteiger partial charge in [-0.2, -0.15) is 0 Å². The van der Waals surface area contributed by atoms with Crippen LogP contribution in [0, 0.1) is 5.92 Å². The molecule has 1 atom stereocenters. The van der Waals surface area contributed by atoms with Crippen molar-refractivity contribution in [1.29, 1.82) is 0 Å². The third kappa shape index (κ3) is 4.40. The van der Waals surface area contributed by atoms with E-state index >= 15 is 0 Å². The number of hydrogen-bond donors (Lipinski definition) is 1. The molecule has 0 fully saturated rings. The molecular formula is C13H19BrClNO. The Morgan fingerprint density at radius 1 is 1.41 bits per heavy atom.